The second-order valence-corrected chi connectivity index (χ2v) is 7.34. The average Bonchev–Trinajstić information content (AvgIpc) is 2.69. The number of aromatic nitrogens is 2. The van der Waals surface area contributed by atoms with Gasteiger partial charge in [0, 0.05) is 11.1 Å². The van der Waals surface area contributed by atoms with E-state index in [-0.39, 0.29) is 6.61 Å². The fraction of sp³-hybridized carbons (Fsp3) is 0.389. The van der Waals surface area contributed by atoms with E-state index < -0.39 is 5.91 Å². The largest absolute Gasteiger partial charge is 0.482 e. The molecule has 5 N–H and O–H groups in total. The van der Waals surface area contributed by atoms with E-state index in [1.54, 1.807) is 12.1 Å². The zero-order chi connectivity index (χ0) is 19.9. The van der Waals surface area contributed by atoms with E-state index in [1.807, 2.05) is 0 Å². The van der Waals surface area contributed by atoms with E-state index in [0.29, 0.717) is 39.2 Å². The highest BCUT2D eigenvalue weighted by Gasteiger charge is 2.16. The average molecular weight is 425 g/mol. The summed E-state index contributed by atoms with van der Waals surface area (Å²) in [6.45, 7) is -0.244. The molecule has 1 heterocycles. The SMILES string of the molecule is Nc1c(NNC(=O)COc2ccc(Cl)cc2Cl)ncnc1NC1CCCCC1. The van der Waals surface area contributed by atoms with Gasteiger partial charge in [-0.15, -0.1) is 0 Å². The van der Waals surface area contributed by atoms with Gasteiger partial charge in [-0.1, -0.05) is 42.5 Å². The first kappa shape index (κ1) is 20.3. The number of nitrogen functional groups attached to an aromatic ring is 1. The lowest BCUT2D eigenvalue weighted by molar-refractivity contribution is -0.122. The highest BCUT2D eigenvalue weighted by molar-refractivity contribution is 6.35. The Bertz CT molecular complexity index is 830. The van der Waals surface area contributed by atoms with Crippen LogP contribution in [0.15, 0.2) is 24.5 Å². The summed E-state index contributed by atoms with van der Waals surface area (Å²) in [6.07, 6.45) is 7.23. The summed E-state index contributed by atoms with van der Waals surface area (Å²) in [4.78, 5) is 20.3. The van der Waals surface area contributed by atoms with E-state index in [4.69, 9.17) is 33.7 Å². The van der Waals surface area contributed by atoms with Crippen LogP contribution in [-0.2, 0) is 4.79 Å². The number of hydrogen-bond donors (Lipinski definition) is 4. The Morgan fingerprint density at radius 3 is 2.68 bits per heavy atom. The van der Waals surface area contributed by atoms with Crippen LogP contribution in [-0.4, -0.2) is 28.5 Å². The van der Waals surface area contributed by atoms with Crippen molar-refractivity contribution in [3.63, 3.8) is 0 Å². The molecule has 8 nitrogen and oxygen atoms in total. The molecule has 0 spiro atoms. The van der Waals surface area contributed by atoms with Crippen molar-refractivity contribution < 1.29 is 9.53 Å². The smallest absolute Gasteiger partial charge is 0.276 e. The van der Waals surface area contributed by atoms with Crippen molar-refractivity contribution in [3.8, 4) is 5.75 Å². The number of carbonyl (C=O) groups is 1. The number of nitrogens with two attached hydrogens (primary N) is 1. The van der Waals surface area contributed by atoms with Gasteiger partial charge in [-0.25, -0.2) is 9.97 Å². The third-order valence-electron chi connectivity index (χ3n) is 4.40. The molecule has 0 atom stereocenters. The maximum absolute atomic E-state index is 12.0. The van der Waals surface area contributed by atoms with Crippen molar-refractivity contribution in [1.29, 1.82) is 0 Å². The summed E-state index contributed by atoms with van der Waals surface area (Å²) in [5.41, 5.74) is 11.7. The lowest BCUT2D eigenvalue weighted by Gasteiger charge is -2.24. The van der Waals surface area contributed by atoms with Gasteiger partial charge in [0.2, 0.25) is 0 Å². The van der Waals surface area contributed by atoms with Gasteiger partial charge in [0.1, 0.15) is 17.8 Å². The molecule has 2 aromatic rings. The van der Waals surface area contributed by atoms with Crippen molar-refractivity contribution in [1.82, 2.24) is 15.4 Å². The summed E-state index contributed by atoms with van der Waals surface area (Å²) in [7, 11) is 0. The van der Waals surface area contributed by atoms with Crippen LogP contribution >= 0.6 is 23.2 Å². The van der Waals surface area contributed by atoms with Gasteiger partial charge >= 0.3 is 0 Å². The topological polar surface area (TPSA) is 114 Å². The number of nitrogens with one attached hydrogen (secondary N) is 3. The summed E-state index contributed by atoms with van der Waals surface area (Å²) >= 11 is 11.8. The van der Waals surface area contributed by atoms with Crippen LogP contribution in [0, 0.1) is 0 Å². The van der Waals surface area contributed by atoms with Crippen LogP contribution in [0.5, 0.6) is 5.75 Å². The van der Waals surface area contributed by atoms with Crippen molar-refractivity contribution in [3.05, 3.63) is 34.6 Å². The normalized spacial score (nSPS) is 14.4. The number of benzene rings is 1. The fourth-order valence-corrected chi connectivity index (χ4v) is 3.41. The molecule has 0 bridgehead atoms. The summed E-state index contributed by atoms with van der Waals surface area (Å²) < 4.78 is 5.38. The van der Waals surface area contributed by atoms with Crippen molar-refractivity contribution in [2.24, 2.45) is 0 Å². The van der Waals surface area contributed by atoms with Gasteiger partial charge in [0.15, 0.2) is 18.2 Å². The molecule has 1 amide bonds. The van der Waals surface area contributed by atoms with Gasteiger partial charge in [-0.2, -0.15) is 0 Å². The first-order valence-corrected chi connectivity index (χ1v) is 9.78. The standard InChI is InChI=1S/C18H22Cl2N6O2/c19-11-6-7-14(13(20)8-11)28-9-15(27)25-26-18-16(21)17(22-10-23-18)24-12-4-2-1-3-5-12/h6-8,10,12H,1-5,9,21H2,(H,25,27)(H2,22,23,24,26). The van der Waals surface area contributed by atoms with E-state index in [2.05, 4.69) is 26.1 Å². The molecule has 0 unspecified atom stereocenters. The lowest BCUT2D eigenvalue weighted by atomic mass is 9.95. The van der Waals surface area contributed by atoms with Crippen molar-refractivity contribution in [2.75, 3.05) is 23.1 Å². The first-order valence-electron chi connectivity index (χ1n) is 9.02. The number of rotatable bonds is 7. The second-order valence-electron chi connectivity index (χ2n) is 6.50. The van der Waals surface area contributed by atoms with Crippen LogP contribution in [0.2, 0.25) is 10.0 Å². The molecule has 1 aliphatic carbocycles. The maximum atomic E-state index is 12.0. The lowest BCUT2D eigenvalue weighted by Crippen LogP contribution is -2.34. The van der Waals surface area contributed by atoms with Gasteiger partial charge < -0.3 is 15.8 Å². The van der Waals surface area contributed by atoms with Crippen LogP contribution in [0.4, 0.5) is 17.3 Å². The molecule has 1 aromatic carbocycles. The molecule has 28 heavy (non-hydrogen) atoms. The Labute approximate surface area is 173 Å². The molecule has 0 aliphatic heterocycles. The second kappa shape index (κ2) is 9.66. The highest BCUT2D eigenvalue weighted by atomic mass is 35.5. The monoisotopic (exact) mass is 424 g/mol. The fourth-order valence-electron chi connectivity index (χ4n) is 2.95. The minimum atomic E-state index is -0.425. The van der Waals surface area contributed by atoms with Gasteiger partial charge in [0.05, 0.1) is 5.02 Å². The Kier molecular flexibility index (Phi) is 7.00. The molecule has 1 saturated carbocycles. The Balaban J connectivity index is 1.52. The predicted molar refractivity (Wildman–Crippen MR) is 111 cm³/mol. The van der Waals surface area contributed by atoms with E-state index in [0.717, 1.165) is 12.8 Å². The number of hydrazine groups is 1. The summed E-state index contributed by atoms with van der Waals surface area (Å²) in [5.74, 6) is 0.807. The number of carbonyl (C=O) groups excluding carboxylic acids is 1. The molecular weight excluding hydrogens is 403 g/mol. The highest BCUT2D eigenvalue weighted by Crippen LogP contribution is 2.28. The van der Waals surface area contributed by atoms with Gasteiger partial charge in [0.25, 0.3) is 5.91 Å². The number of ether oxygens (including phenoxy) is 1. The third-order valence-corrected chi connectivity index (χ3v) is 4.93. The third kappa shape index (κ3) is 5.53. The van der Waals surface area contributed by atoms with Gasteiger partial charge in [-0.3, -0.25) is 15.6 Å². The molecule has 150 valence electrons. The van der Waals surface area contributed by atoms with E-state index >= 15 is 0 Å². The Morgan fingerprint density at radius 1 is 1.18 bits per heavy atom. The number of hydrogen-bond acceptors (Lipinski definition) is 7. The molecule has 1 fully saturated rings. The van der Waals surface area contributed by atoms with Crippen LogP contribution in [0.1, 0.15) is 32.1 Å². The predicted octanol–water partition coefficient (Wildman–Crippen LogP) is 3.63. The number of amides is 1. The molecule has 3 rings (SSSR count). The molecule has 0 radical (unpaired) electrons. The van der Waals surface area contributed by atoms with Gasteiger partial charge in [-0.05, 0) is 31.0 Å². The van der Waals surface area contributed by atoms with Crippen LogP contribution in [0.25, 0.3) is 0 Å². The quantitative estimate of drug-likeness (QED) is 0.501. The zero-order valence-corrected chi connectivity index (χ0v) is 16.7. The Morgan fingerprint density at radius 2 is 1.93 bits per heavy atom. The first-order chi connectivity index (χ1) is 13.5. The van der Waals surface area contributed by atoms with E-state index in [1.165, 1.54) is 31.7 Å². The van der Waals surface area contributed by atoms with Crippen LogP contribution < -0.4 is 26.6 Å². The molecule has 1 aromatic heterocycles. The number of anilines is 3. The number of nitrogens with zero attached hydrogens (tertiary/aromatic N) is 2. The molecule has 0 saturated heterocycles. The minimum Gasteiger partial charge on any atom is -0.482 e. The van der Waals surface area contributed by atoms with Crippen LogP contribution in [0.3, 0.4) is 0 Å². The van der Waals surface area contributed by atoms with Crippen molar-refractivity contribution in [2.45, 2.75) is 38.1 Å². The molecule has 1 aliphatic rings. The molecular formula is C18H22Cl2N6O2. The summed E-state index contributed by atoms with van der Waals surface area (Å²) in [5, 5.41) is 4.17. The maximum Gasteiger partial charge on any atom is 0.276 e. The zero-order valence-electron chi connectivity index (χ0n) is 15.2. The molecule has 10 heteroatoms. The Hall–Kier alpha value is -2.45. The minimum absolute atomic E-state index is 0.244. The number of halogens is 2. The van der Waals surface area contributed by atoms with E-state index in [9.17, 15) is 4.79 Å². The van der Waals surface area contributed by atoms with Crippen molar-refractivity contribution >= 4 is 46.4 Å². The summed E-state index contributed by atoms with van der Waals surface area (Å²) in [6, 6.07) is 5.11.